The molecule has 0 unspecified atom stereocenters. The molecule has 0 aliphatic heterocycles. The Morgan fingerprint density at radius 1 is 1.36 bits per heavy atom. The van der Waals surface area contributed by atoms with Crippen LogP contribution in [0, 0.1) is 17.8 Å². The molecule has 14 heavy (non-hydrogen) atoms. The molecule has 2 aliphatic rings. The maximum atomic E-state index is 11.6. The monoisotopic (exact) mass is 198 g/mol. The Balaban J connectivity index is 1.88. The van der Waals surface area contributed by atoms with E-state index in [1.165, 1.54) is 0 Å². The van der Waals surface area contributed by atoms with E-state index in [0.717, 1.165) is 12.8 Å². The molecule has 0 saturated heterocycles. The van der Waals surface area contributed by atoms with Crippen LogP contribution in [0.25, 0.3) is 0 Å². The molecular formula is C11H18O3. The smallest absolute Gasteiger partial charge is 0.309 e. The van der Waals surface area contributed by atoms with Crippen LogP contribution >= 0.6 is 0 Å². The van der Waals surface area contributed by atoms with Crippen molar-refractivity contribution in [1.29, 1.82) is 0 Å². The van der Waals surface area contributed by atoms with Crippen LogP contribution in [-0.2, 0) is 9.53 Å². The van der Waals surface area contributed by atoms with Crippen LogP contribution in [0.5, 0.6) is 0 Å². The Bertz CT molecular complexity index is 237. The number of rotatable bonds is 2. The number of aliphatic hydroxyl groups is 1. The normalized spacial score (nSPS) is 40.6. The number of carbonyl (C=O) groups excluding carboxylic acids is 1. The van der Waals surface area contributed by atoms with Crippen LogP contribution in [0.4, 0.5) is 0 Å². The molecular weight excluding hydrogens is 180 g/mol. The van der Waals surface area contributed by atoms with Gasteiger partial charge < -0.3 is 9.84 Å². The first-order chi connectivity index (χ1) is 6.58. The van der Waals surface area contributed by atoms with Gasteiger partial charge in [0.05, 0.1) is 18.1 Å². The van der Waals surface area contributed by atoms with Gasteiger partial charge in [-0.15, -0.1) is 0 Å². The molecule has 0 bridgehead atoms. The first-order valence-electron chi connectivity index (χ1n) is 5.46. The number of carbonyl (C=O) groups is 1. The third-order valence-electron chi connectivity index (χ3n) is 3.27. The predicted molar refractivity (Wildman–Crippen MR) is 51.6 cm³/mol. The van der Waals surface area contributed by atoms with Crippen molar-refractivity contribution < 1.29 is 14.6 Å². The zero-order valence-corrected chi connectivity index (χ0v) is 8.77. The molecule has 80 valence electrons. The summed E-state index contributed by atoms with van der Waals surface area (Å²) in [4.78, 5) is 11.6. The number of esters is 1. The van der Waals surface area contributed by atoms with E-state index >= 15 is 0 Å². The van der Waals surface area contributed by atoms with Crippen molar-refractivity contribution in [3.63, 3.8) is 0 Å². The lowest BCUT2D eigenvalue weighted by atomic mass is 9.87. The molecule has 1 N–H and O–H groups in total. The minimum absolute atomic E-state index is 0.0448. The Labute approximate surface area is 84.4 Å². The van der Waals surface area contributed by atoms with Crippen molar-refractivity contribution in [3.8, 4) is 0 Å². The predicted octanol–water partition coefficient (Wildman–Crippen LogP) is 1.34. The number of fused-ring (bicyclic) bond motifs is 1. The molecule has 2 aliphatic carbocycles. The highest BCUT2D eigenvalue weighted by Gasteiger charge is 2.49. The summed E-state index contributed by atoms with van der Waals surface area (Å²) >= 11 is 0. The highest BCUT2D eigenvalue weighted by atomic mass is 16.5. The Kier molecular flexibility index (Phi) is 2.52. The zero-order valence-electron chi connectivity index (χ0n) is 8.77. The van der Waals surface area contributed by atoms with Gasteiger partial charge in [0.2, 0.25) is 0 Å². The largest absolute Gasteiger partial charge is 0.463 e. The molecule has 0 aromatic rings. The van der Waals surface area contributed by atoms with Gasteiger partial charge in [-0.05, 0) is 44.9 Å². The van der Waals surface area contributed by atoms with Gasteiger partial charge in [0.15, 0.2) is 0 Å². The summed E-state index contributed by atoms with van der Waals surface area (Å²) in [5.74, 6) is 0.891. The van der Waals surface area contributed by atoms with E-state index in [9.17, 15) is 9.90 Å². The van der Waals surface area contributed by atoms with E-state index in [1.54, 1.807) is 0 Å². The number of hydrogen-bond acceptors (Lipinski definition) is 3. The van der Waals surface area contributed by atoms with E-state index < -0.39 is 0 Å². The third-order valence-corrected chi connectivity index (χ3v) is 3.27. The summed E-state index contributed by atoms with van der Waals surface area (Å²) < 4.78 is 5.15. The van der Waals surface area contributed by atoms with Crippen LogP contribution in [0.15, 0.2) is 0 Å². The van der Waals surface area contributed by atoms with Crippen LogP contribution < -0.4 is 0 Å². The van der Waals surface area contributed by atoms with Crippen LogP contribution in [0.1, 0.15) is 33.1 Å². The average molecular weight is 198 g/mol. The minimum atomic E-state index is -0.265. The van der Waals surface area contributed by atoms with E-state index in [0.29, 0.717) is 18.3 Å². The standard InChI is InChI=1S/C11H18O3/c1-6(2)14-11(13)8-3-7-4-9(7)10(12)5-8/h6-10,12H,3-5H2,1-2H3/t7-,8-,9+,10+/m1/s1. The fraction of sp³-hybridized carbons (Fsp3) is 0.909. The summed E-state index contributed by atoms with van der Waals surface area (Å²) in [6.07, 6.45) is 2.32. The van der Waals surface area contributed by atoms with Gasteiger partial charge in [-0.3, -0.25) is 4.79 Å². The quantitative estimate of drug-likeness (QED) is 0.681. The molecule has 0 aromatic carbocycles. The van der Waals surface area contributed by atoms with Crippen molar-refractivity contribution >= 4 is 5.97 Å². The SMILES string of the molecule is CC(C)OC(=O)[C@@H]1C[C@@H]2C[C@@H]2[C@@H](O)C1. The number of hydrogen-bond donors (Lipinski definition) is 1. The summed E-state index contributed by atoms with van der Waals surface area (Å²) in [6.45, 7) is 3.72. The summed E-state index contributed by atoms with van der Waals surface area (Å²) in [5.41, 5.74) is 0. The van der Waals surface area contributed by atoms with Crippen molar-refractivity contribution in [2.45, 2.75) is 45.3 Å². The van der Waals surface area contributed by atoms with Gasteiger partial charge in [0, 0.05) is 0 Å². The van der Waals surface area contributed by atoms with Crippen molar-refractivity contribution in [3.05, 3.63) is 0 Å². The van der Waals surface area contributed by atoms with Gasteiger partial charge >= 0.3 is 5.97 Å². The number of ether oxygens (including phenoxy) is 1. The molecule has 0 heterocycles. The second-order valence-electron chi connectivity index (χ2n) is 4.88. The van der Waals surface area contributed by atoms with Crippen LogP contribution in [0.2, 0.25) is 0 Å². The Hall–Kier alpha value is -0.570. The highest BCUT2D eigenvalue weighted by molar-refractivity contribution is 5.73. The second-order valence-corrected chi connectivity index (χ2v) is 4.88. The topological polar surface area (TPSA) is 46.5 Å². The first kappa shape index (κ1) is 9.97. The van der Waals surface area contributed by atoms with Gasteiger partial charge in [0.1, 0.15) is 0 Å². The van der Waals surface area contributed by atoms with E-state index in [4.69, 9.17) is 4.74 Å². The van der Waals surface area contributed by atoms with Gasteiger partial charge in [-0.1, -0.05) is 0 Å². The Morgan fingerprint density at radius 2 is 2.07 bits per heavy atom. The van der Waals surface area contributed by atoms with E-state index in [1.807, 2.05) is 13.8 Å². The lowest BCUT2D eigenvalue weighted by molar-refractivity contribution is -0.155. The highest BCUT2D eigenvalue weighted by Crippen LogP contribution is 2.51. The molecule has 2 saturated carbocycles. The third kappa shape index (κ3) is 1.92. The van der Waals surface area contributed by atoms with Gasteiger partial charge in [0.25, 0.3) is 0 Å². The maximum Gasteiger partial charge on any atom is 0.309 e. The van der Waals surface area contributed by atoms with Crippen LogP contribution in [-0.4, -0.2) is 23.3 Å². The van der Waals surface area contributed by atoms with Crippen LogP contribution in [0.3, 0.4) is 0 Å². The molecule has 0 spiro atoms. The van der Waals surface area contributed by atoms with E-state index in [2.05, 4.69) is 0 Å². The molecule has 3 heteroatoms. The molecule has 0 amide bonds. The molecule has 2 fully saturated rings. The van der Waals surface area contributed by atoms with Gasteiger partial charge in [-0.2, -0.15) is 0 Å². The average Bonchev–Trinajstić information content (AvgIpc) is 2.81. The van der Waals surface area contributed by atoms with E-state index in [-0.39, 0.29) is 24.1 Å². The minimum Gasteiger partial charge on any atom is -0.463 e. The molecule has 0 radical (unpaired) electrons. The van der Waals surface area contributed by atoms with Crippen molar-refractivity contribution in [2.24, 2.45) is 17.8 Å². The Morgan fingerprint density at radius 3 is 2.64 bits per heavy atom. The van der Waals surface area contributed by atoms with Crippen molar-refractivity contribution in [2.75, 3.05) is 0 Å². The molecule has 2 rings (SSSR count). The maximum absolute atomic E-state index is 11.6. The summed E-state index contributed by atoms with van der Waals surface area (Å²) in [5, 5.41) is 9.67. The summed E-state index contributed by atoms with van der Waals surface area (Å²) in [7, 11) is 0. The van der Waals surface area contributed by atoms with Crippen molar-refractivity contribution in [1.82, 2.24) is 0 Å². The second kappa shape index (κ2) is 3.54. The molecule has 0 aromatic heterocycles. The molecule has 4 atom stereocenters. The summed E-state index contributed by atoms with van der Waals surface area (Å²) in [6, 6.07) is 0. The lowest BCUT2D eigenvalue weighted by Gasteiger charge is -2.24. The van der Waals surface area contributed by atoms with Gasteiger partial charge in [-0.25, -0.2) is 0 Å². The zero-order chi connectivity index (χ0) is 10.3. The fourth-order valence-electron chi connectivity index (χ4n) is 2.46. The number of aliphatic hydroxyl groups excluding tert-OH is 1. The molecule has 3 nitrogen and oxygen atoms in total. The first-order valence-corrected chi connectivity index (χ1v) is 5.46. The lowest BCUT2D eigenvalue weighted by Crippen LogP contribution is -2.30. The fourth-order valence-corrected chi connectivity index (χ4v) is 2.46.